The Hall–Kier alpha value is -1.37. The Morgan fingerprint density at radius 2 is 2.12 bits per heavy atom. The second-order valence-corrected chi connectivity index (χ2v) is 7.86. The summed E-state index contributed by atoms with van der Waals surface area (Å²) in [4.78, 5) is 14.4. The molecule has 0 atom stereocenters. The van der Waals surface area contributed by atoms with Gasteiger partial charge in [-0.15, -0.1) is 11.3 Å². The average Bonchev–Trinajstić information content (AvgIpc) is 2.91. The molecule has 1 fully saturated rings. The van der Waals surface area contributed by atoms with Gasteiger partial charge < -0.3 is 15.0 Å². The molecule has 1 saturated heterocycles. The fourth-order valence-corrected chi connectivity index (χ4v) is 4.55. The summed E-state index contributed by atoms with van der Waals surface area (Å²) in [6.07, 6.45) is 2.34. The van der Waals surface area contributed by atoms with E-state index in [2.05, 4.69) is 17.1 Å². The number of carbonyl (C=O) groups excluding carboxylic acids is 1. The van der Waals surface area contributed by atoms with E-state index < -0.39 is 5.97 Å². The molecule has 0 amide bonds. The number of nitrogens with one attached hydrogen (secondary N) is 1. The standard InChI is InChI=1S/C17H19ClN2O2S2/c1-10-5-7-20(8-6-10)17(23)19-11-3-4-12-13(9-11)24-15(14(12)18)16(21)22-2/h3-4,9-10H,5-8H2,1-2H3,(H,19,23). The Bertz CT molecular complexity index is 782. The molecule has 24 heavy (non-hydrogen) atoms. The van der Waals surface area contributed by atoms with Crippen molar-refractivity contribution in [2.24, 2.45) is 5.92 Å². The van der Waals surface area contributed by atoms with Gasteiger partial charge in [-0.05, 0) is 49.2 Å². The third-order valence-corrected chi connectivity index (χ3v) is 6.32. The van der Waals surface area contributed by atoms with Crippen molar-refractivity contribution in [1.82, 2.24) is 4.90 Å². The van der Waals surface area contributed by atoms with Gasteiger partial charge in [-0.3, -0.25) is 0 Å². The number of methoxy groups -OCH3 is 1. The van der Waals surface area contributed by atoms with E-state index in [9.17, 15) is 4.79 Å². The molecular weight excluding hydrogens is 364 g/mol. The Kier molecular flexibility index (Phi) is 5.27. The van der Waals surface area contributed by atoms with Gasteiger partial charge in [0.2, 0.25) is 0 Å². The van der Waals surface area contributed by atoms with E-state index in [1.807, 2.05) is 18.2 Å². The maximum Gasteiger partial charge on any atom is 0.349 e. The molecule has 1 N–H and O–H groups in total. The fraction of sp³-hybridized carbons (Fsp3) is 0.412. The number of ether oxygens (including phenoxy) is 1. The largest absolute Gasteiger partial charge is 0.465 e. The molecule has 1 aromatic carbocycles. The number of piperidine rings is 1. The zero-order valence-electron chi connectivity index (χ0n) is 13.6. The summed E-state index contributed by atoms with van der Waals surface area (Å²) in [6, 6.07) is 5.81. The van der Waals surface area contributed by atoms with Gasteiger partial charge in [0.1, 0.15) is 4.88 Å². The zero-order valence-corrected chi connectivity index (χ0v) is 16.0. The lowest BCUT2D eigenvalue weighted by molar-refractivity contribution is 0.0606. The van der Waals surface area contributed by atoms with Gasteiger partial charge >= 0.3 is 5.97 Å². The molecule has 3 rings (SSSR count). The summed E-state index contributed by atoms with van der Waals surface area (Å²) < 4.78 is 5.70. The van der Waals surface area contributed by atoms with E-state index >= 15 is 0 Å². The number of thiocarbonyl (C=S) groups is 1. The number of benzene rings is 1. The van der Waals surface area contributed by atoms with Crippen molar-refractivity contribution in [2.75, 3.05) is 25.5 Å². The van der Waals surface area contributed by atoms with Crippen LogP contribution in [0.25, 0.3) is 10.1 Å². The van der Waals surface area contributed by atoms with Crippen LogP contribution in [0.15, 0.2) is 18.2 Å². The predicted octanol–water partition coefficient (Wildman–Crippen LogP) is 4.77. The molecular formula is C17H19ClN2O2S2. The summed E-state index contributed by atoms with van der Waals surface area (Å²) in [7, 11) is 1.36. The number of nitrogens with zero attached hydrogens (tertiary/aromatic N) is 1. The van der Waals surface area contributed by atoms with Crippen molar-refractivity contribution < 1.29 is 9.53 Å². The van der Waals surface area contributed by atoms with E-state index in [-0.39, 0.29) is 0 Å². The predicted molar refractivity (Wildman–Crippen MR) is 104 cm³/mol. The van der Waals surface area contributed by atoms with Crippen molar-refractivity contribution in [2.45, 2.75) is 19.8 Å². The Morgan fingerprint density at radius 1 is 1.42 bits per heavy atom. The Labute approximate surface area is 155 Å². The number of hydrogen-bond donors (Lipinski definition) is 1. The molecule has 4 nitrogen and oxygen atoms in total. The van der Waals surface area contributed by atoms with Gasteiger partial charge in [0, 0.05) is 28.9 Å². The van der Waals surface area contributed by atoms with Gasteiger partial charge in [0.05, 0.1) is 12.1 Å². The van der Waals surface area contributed by atoms with Gasteiger partial charge in [0.25, 0.3) is 0 Å². The van der Waals surface area contributed by atoms with Crippen molar-refractivity contribution in [3.8, 4) is 0 Å². The van der Waals surface area contributed by atoms with Crippen molar-refractivity contribution >= 4 is 62.0 Å². The topological polar surface area (TPSA) is 41.6 Å². The second-order valence-electron chi connectivity index (χ2n) is 6.05. The number of esters is 1. The maximum atomic E-state index is 11.8. The summed E-state index contributed by atoms with van der Waals surface area (Å²) >= 11 is 13.1. The Morgan fingerprint density at radius 3 is 2.79 bits per heavy atom. The number of likely N-dealkylation sites (tertiary alicyclic amines) is 1. The second kappa shape index (κ2) is 7.25. The number of thiophene rings is 1. The normalized spacial score (nSPS) is 15.5. The molecule has 0 spiro atoms. The van der Waals surface area contributed by atoms with Gasteiger partial charge in [-0.25, -0.2) is 4.79 Å². The summed E-state index contributed by atoms with van der Waals surface area (Å²) in [5, 5.41) is 5.34. The number of anilines is 1. The van der Waals surface area contributed by atoms with Crippen molar-refractivity contribution in [3.63, 3.8) is 0 Å². The molecule has 7 heteroatoms. The van der Waals surface area contributed by atoms with E-state index in [0.717, 1.165) is 39.9 Å². The van der Waals surface area contributed by atoms with Crippen molar-refractivity contribution in [1.29, 1.82) is 0 Å². The lowest BCUT2D eigenvalue weighted by Crippen LogP contribution is -2.40. The summed E-state index contributed by atoms with van der Waals surface area (Å²) in [5.74, 6) is 0.360. The third-order valence-electron chi connectivity index (χ3n) is 4.32. The minimum Gasteiger partial charge on any atom is -0.465 e. The maximum absolute atomic E-state index is 11.8. The molecule has 0 radical (unpaired) electrons. The lowest BCUT2D eigenvalue weighted by Gasteiger charge is -2.32. The van der Waals surface area contributed by atoms with Crippen LogP contribution in [0.3, 0.4) is 0 Å². The van der Waals surface area contributed by atoms with E-state index in [4.69, 9.17) is 28.6 Å². The molecule has 128 valence electrons. The minimum absolute atomic E-state index is 0.409. The molecule has 1 aliphatic rings. The number of fused-ring (bicyclic) bond motifs is 1. The first-order chi connectivity index (χ1) is 11.5. The average molecular weight is 383 g/mol. The minimum atomic E-state index is -0.409. The number of carbonyl (C=O) groups is 1. The highest BCUT2D eigenvalue weighted by atomic mass is 35.5. The highest BCUT2D eigenvalue weighted by Gasteiger charge is 2.20. The molecule has 0 saturated carbocycles. The van der Waals surface area contributed by atoms with Gasteiger partial charge in [-0.2, -0.15) is 0 Å². The molecule has 0 unspecified atom stereocenters. The van der Waals surface area contributed by atoms with Crippen LogP contribution in [0.4, 0.5) is 5.69 Å². The molecule has 0 bridgehead atoms. The van der Waals surface area contributed by atoms with E-state index in [1.54, 1.807) is 0 Å². The van der Waals surface area contributed by atoms with Crippen LogP contribution >= 0.6 is 35.2 Å². The summed E-state index contributed by atoms with van der Waals surface area (Å²) in [5.41, 5.74) is 0.903. The van der Waals surface area contributed by atoms with E-state index in [0.29, 0.717) is 9.90 Å². The number of hydrogen-bond acceptors (Lipinski definition) is 4. The molecule has 2 aromatic rings. The first-order valence-corrected chi connectivity index (χ1v) is 9.46. The monoisotopic (exact) mass is 382 g/mol. The lowest BCUT2D eigenvalue weighted by atomic mass is 10.00. The molecule has 2 heterocycles. The Balaban J connectivity index is 1.78. The quantitative estimate of drug-likeness (QED) is 0.598. The molecule has 1 aliphatic heterocycles. The zero-order chi connectivity index (χ0) is 17.3. The summed E-state index contributed by atoms with van der Waals surface area (Å²) in [6.45, 7) is 4.26. The van der Waals surface area contributed by atoms with E-state index in [1.165, 1.54) is 31.3 Å². The first-order valence-electron chi connectivity index (χ1n) is 7.86. The number of halogens is 1. The first kappa shape index (κ1) is 17.5. The SMILES string of the molecule is COC(=O)c1sc2cc(NC(=S)N3CCC(C)CC3)ccc2c1Cl. The van der Waals surface area contributed by atoms with Crippen LogP contribution < -0.4 is 5.32 Å². The molecule has 0 aliphatic carbocycles. The smallest absolute Gasteiger partial charge is 0.349 e. The highest BCUT2D eigenvalue weighted by Crippen LogP contribution is 2.37. The van der Waals surface area contributed by atoms with Crippen LogP contribution in [-0.4, -0.2) is 36.2 Å². The fourth-order valence-electron chi connectivity index (χ4n) is 2.78. The van der Waals surface area contributed by atoms with Crippen molar-refractivity contribution in [3.05, 3.63) is 28.1 Å². The van der Waals surface area contributed by atoms with Crippen LogP contribution in [0.5, 0.6) is 0 Å². The van der Waals surface area contributed by atoms with Crippen LogP contribution in [0.1, 0.15) is 29.4 Å². The van der Waals surface area contributed by atoms with Gasteiger partial charge in [0.15, 0.2) is 5.11 Å². The number of rotatable bonds is 2. The third kappa shape index (κ3) is 3.50. The highest BCUT2D eigenvalue weighted by molar-refractivity contribution is 7.80. The van der Waals surface area contributed by atoms with Crippen LogP contribution in [0.2, 0.25) is 5.02 Å². The molecule has 1 aromatic heterocycles. The van der Waals surface area contributed by atoms with Crippen LogP contribution in [0, 0.1) is 5.92 Å². The van der Waals surface area contributed by atoms with Gasteiger partial charge in [-0.1, -0.05) is 18.5 Å². The van der Waals surface area contributed by atoms with Crippen LogP contribution in [-0.2, 0) is 4.74 Å².